The molecule has 0 radical (unpaired) electrons. The van der Waals surface area contributed by atoms with Gasteiger partial charge in [0, 0.05) is 6.20 Å². The third-order valence-corrected chi connectivity index (χ3v) is 3.74. The second kappa shape index (κ2) is 4.47. The minimum absolute atomic E-state index is 0.208. The number of nitrogens with zero attached hydrogens (tertiary/aromatic N) is 1. The number of aromatic nitrogens is 2. The fraction of sp³-hybridized carbons (Fsp3) is 0.636. The maximum absolute atomic E-state index is 14.7. The first-order valence-corrected chi connectivity index (χ1v) is 5.82. The van der Waals surface area contributed by atoms with Crippen molar-refractivity contribution in [2.24, 2.45) is 0 Å². The Morgan fingerprint density at radius 2 is 2.10 bits per heavy atom. The summed E-state index contributed by atoms with van der Waals surface area (Å²) in [5.41, 5.74) is -7.22. The number of ether oxygens (including phenoxy) is 1. The highest BCUT2D eigenvalue weighted by Gasteiger charge is 2.63. The maximum atomic E-state index is 14.7. The van der Waals surface area contributed by atoms with Crippen LogP contribution in [0, 0.1) is 5.82 Å². The van der Waals surface area contributed by atoms with Crippen LogP contribution in [0.2, 0.25) is 0 Å². The Labute approximate surface area is 111 Å². The summed E-state index contributed by atoms with van der Waals surface area (Å²) >= 11 is 0. The van der Waals surface area contributed by atoms with E-state index in [0.29, 0.717) is 6.20 Å². The standard InChI is InChI=1S/C11H14F2N2O5/c1-10(13)8(20-6(4-16)11(10,2)19)15-7(17)5(12)3-14-9(15)18/h3,6,8,16,19H,4H2,1-2H3,(H,14,18)/t6-,8+,10+,11-/m1/s1. The van der Waals surface area contributed by atoms with Gasteiger partial charge in [-0.05, 0) is 13.8 Å². The molecule has 0 saturated carbocycles. The number of hydrogen-bond donors (Lipinski definition) is 3. The third kappa shape index (κ3) is 1.81. The van der Waals surface area contributed by atoms with Gasteiger partial charge in [-0.1, -0.05) is 0 Å². The lowest BCUT2D eigenvalue weighted by molar-refractivity contribution is -0.0892. The fourth-order valence-electron chi connectivity index (χ4n) is 2.18. The molecule has 0 unspecified atom stereocenters. The van der Waals surface area contributed by atoms with Crippen molar-refractivity contribution in [3.63, 3.8) is 0 Å². The SMILES string of the molecule is C[C@]1(F)[C@@H](n2c(=O)[nH]cc(F)c2=O)O[C@H](CO)[C@@]1(C)O. The van der Waals surface area contributed by atoms with Gasteiger partial charge < -0.3 is 19.9 Å². The molecule has 7 nitrogen and oxygen atoms in total. The van der Waals surface area contributed by atoms with Crippen LogP contribution in [-0.2, 0) is 4.74 Å². The van der Waals surface area contributed by atoms with Crippen molar-refractivity contribution in [1.82, 2.24) is 9.55 Å². The molecule has 0 amide bonds. The van der Waals surface area contributed by atoms with Gasteiger partial charge >= 0.3 is 5.69 Å². The summed E-state index contributed by atoms with van der Waals surface area (Å²) < 4.78 is 33.2. The second-order valence-electron chi connectivity index (χ2n) is 5.00. The maximum Gasteiger partial charge on any atom is 0.330 e. The zero-order valence-corrected chi connectivity index (χ0v) is 10.8. The summed E-state index contributed by atoms with van der Waals surface area (Å²) in [4.78, 5) is 25.2. The highest BCUT2D eigenvalue weighted by atomic mass is 19.1. The topological polar surface area (TPSA) is 105 Å². The normalized spacial score (nSPS) is 37.3. The minimum atomic E-state index is -2.59. The van der Waals surface area contributed by atoms with E-state index in [4.69, 9.17) is 9.84 Å². The number of H-pyrrole nitrogens is 1. The lowest BCUT2D eigenvalue weighted by atomic mass is 9.85. The van der Waals surface area contributed by atoms with Crippen LogP contribution in [0.1, 0.15) is 20.1 Å². The zero-order chi connectivity index (χ0) is 15.3. The number of alkyl halides is 1. The Hall–Kier alpha value is -1.58. The summed E-state index contributed by atoms with van der Waals surface area (Å²) in [5, 5.41) is 19.2. The lowest BCUT2D eigenvalue weighted by Gasteiger charge is -2.32. The van der Waals surface area contributed by atoms with Crippen LogP contribution in [0.15, 0.2) is 15.8 Å². The predicted octanol–water partition coefficient (Wildman–Crippen LogP) is -0.955. The number of halogens is 2. The second-order valence-corrected chi connectivity index (χ2v) is 5.00. The Balaban J connectivity index is 2.64. The van der Waals surface area contributed by atoms with Gasteiger partial charge in [0.15, 0.2) is 11.9 Å². The molecule has 4 atom stereocenters. The van der Waals surface area contributed by atoms with E-state index in [0.717, 1.165) is 13.8 Å². The molecule has 20 heavy (non-hydrogen) atoms. The summed E-state index contributed by atoms with van der Waals surface area (Å²) in [6.45, 7) is 1.24. The lowest BCUT2D eigenvalue weighted by Crippen LogP contribution is -2.54. The number of aliphatic hydroxyl groups is 2. The van der Waals surface area contributed by atoms with Gasteiger partial charge in [0.2, 0.25) is 5.82 Å². The Kier molecular flexibility index (Phi) is 3.31. The van der Waals surface area contributed by atoms with Crippen molar-refractivity contribution < 1.29 is 23.7 Å². The summed E-state index contributed by atoms with van der Waals surface area (Å²) in [6.07, 6.45) is -2.67. The quantitative estimate of drug-likeness (QED) is 0.651. The van der Waals surface area contributed by atoms with Crippen LogP contribution in [0.25, 0.3) is 0 Å². The molecule has 2 rings (SSSR count). The van der Waals surface area contributed by atoms with Crippen LogP contribution >= 0.6 is 0 Å². The highest BCUT2D eigenvalue weighted by Crippen LogP contribution is 2.46. The molecule has 0 bridgehead atoms. The van der Waals surface area contributed by atoms with Crippen LogP contribution in [0.4, 0.5) is 8.78 Å². The van der Waals surface area contributed by atoms with E-state index in [1.165, 1.54) is 0 Å². The first kappa shape index (κ1) is 14.8. The summed E-state index contributed by atoms with van der Waals surface area (Å²) in [5.74, 6) is -1.30. The van der Waals surface area contributed by atoms with Crippen LogP contribution < -0.4 is 11.2 Å². The van der Waals surface area contributed by atoms with Crippen molar-refractivity contribution in [3.05, 3.63) is 32.9 Å². The molecule has 1 aromatic rings. The molecular formula is C11H14F2N2O5. The number of rotatable bonds is 2. The molecule has 1 fully saturated rings. The smallest absolute Gasteiger partial charge is 0.330 e. The number of hydrogen-bond acceptors (Lipinski definition) is 5. The van der Waals surface area contributed by atoms with Gasteiger partial charge in [-0.3, -0.25) is 4.79 Å². The number of aliphatic hydroxyl groups excluding tert-OH is 1. The molecule has 0 aromatic carbocycles. The van der Waals surface area contributed by atoms with Crippen LogP contribution in [0.5, 0.6) is 0 Å². The van der Waals surface area contributed by atoms with Gasteiger partial charge in [0.05, 0.1) is 6.61 Å². The largest absolute Gasteiger partial charge is 0.394 e. The minimum Gasteiger partial charge on any atom is -0.394 e. The van der Waals surface area contributed by atoms with Crippen molar-refractivity contribution in [2.45, 2.75) is 37.4 Å². The van der Waals surface area contributed by atoms with Crippen molar-refractivity contribution >= 4 is 0 Å². The van der Waals surface area contributed by atoms with Crippen molar-refractivity contribution in [1.29, 1.82) is 0 Å². The van der Waals surface area contributed by atoms with Crippen molar-refractivity contribution in [3.8, 4) is 0 Å². The van der Waals surface area contributed by atoms with Gasteiger partial charge in [0.25, 0.3) is 5.56 Å². The molecule has 0 aliphatic carbocycles. The van der Waals surface area contributed by atoms with E-state index in [1.54, 1.807) is 0 Å². The fourth-order valence-corrected chi connectivity index (χ4v) is 2.18. The van der Waals surface area contributed by atoms with E-state index in [-0.39, 0.29) is 4.57 Å². The Morgan fingerprint density at radius 3 is 2.60 bits per heavy atom. The van der Waals surface area contributed by atoms with Gasteiger partial charge in [-0.25, -0.2) is 13.8 Å². The van der Waals surface area contributed by atoms with Crippen molar-refractivity contribution in [2.75, 3.05) is 6.61 Å². The van der Waals surface area contributed by atoms with Gasteiger partial charge in [0.1, 0.15) is 11.7 Å². The van der Waals surface area contributed by atoms with E-state index >= 15 is 0 Å². The molecule has 112 valence electrons. The third-order valence-electron chi connectivity index (χ3n) is 3.74. The van der Waals surface area contributed by atoms with Crippen LogP contribution in [-0.4, -0.2) is 43.7 Å². The molecule has 9 heteroatoms. The number of nitrogens with one attached hydrogen (secondary N) is 1. The van der Waals surface area contributed by atoms with E-state index in [9.17, 15) is 23.5 Å². The molecule has 0 spiro atoms. The van der Waals surface area contributed by atoms with E-state index < -0.39 is 47.3 Å². The van der Waals surface area contributed by atoms with E-state index in [2.05, 4.69) is 0 Å². The molecule has 1 aliphatic rings. The molecule has 1 aliphatic heterocycles. The Morgan fingerprint density at radius 1 is 1.50 bits per heavy atom. The first-order chi connectivity index (χ1) is 9.14. The molecule has 2 heterocycles. The monoisotopic (exact) mass is 292 g/mol. The first-order valence-electron chi connectivity index (χ1n) is 5.82. The molecular weight excluding hydrogens is 278 g/mol. The average Bonchev–Trinajstić information content (AvgIpc) is 2.53. The zero-order valence-electron chi connectivity index (χ0n) is 10.8. The predicted molar refractivity (Wildman–Crippen MR) is 62.4 cm³/mol. The summed E-state index contributed by atoms with van der Waals surface area (Å²) in [6, 6.07) is 0. The van der Waals surface area contributed by atoms with Crippen LogP contribution in [0.3, 0.4) is 0 Å². The molecule has 1 aromatic heterocycles. The average molecular weight is 292 g/mol. The summed E-state index contributed by atoms with van der Waals surface area (Å²) in [7, 11) is 0. The van der Waals surface area contributed by atoms with Gasteiger partial charge in [-0.2, -0.15) is 4.39 Å². The molecule has 1 saturated heterocycles. The Bertz CT molecular complexity index is 636. The highest BCUT2D eigenvalue weighted by molar-refractivity contribution is 5.09. The number of aromatic amines is 1. The van der Waals surface area contributed by atoms with Gasteiger partial charge in [-0.15, -0.1) is 0 Å². The van der Waals surface area contributed by atoms with E-state index in [1.807, 2.05) is 4.98 Å². The molecule has 3 N–H and O–H groups in total.